The smallest absolute Gasteiger partial charge is 0.233 e. The minimum atomic E-state index is -0.801. The van der Waals surface area contributed by atoms with Crippen LogP contribution >= 0.6 is 0 Å². The molecule has 5 atom stereocenters. The molecule has 0 spiro atoms. The third-order valence-corrected chi connectivity index (χ3v) is 3.59. The molecule has 0 aromatic carbocycles. The van der Waals surface area contributed by atoms with Gasteiger partial charge in [0.25, 0.3) is 0 Å². The highest BCUT2D eigenvalue weighted by molar-refractivity contribution is 5.05. The maximum Gasteiger partial charge on any atom is 0.233 e. The molecule has 0 aliphatic carbocycles. The first-order valence-electron chi connectivity index (χ1n) is 6.85. The molecule has 0 amide bonds. The van der Waals surface area contributed by atoms with Crippen molar-refractivity contribution in [3.63, 3.8) is 0 Å². The predicted molar refractivity (Wildman–Crippen MR) is 68.7 cm³/mol. The van der Waals surface area contributed by atoms with Crippen LogP contribution in [0, 0.1) is 10.1 Å². The Morgan fingerprint density at radius 2 is 1.52 bits per heavy atom. The molecule has 3 aliphatic heterocycles. The molecule has 0 N–H and O–H groups in total. The largest absolute Gasteiger partial charge is 0.342 e. The van der Waals surface area contributed by atoms with Gasteiger partial charge in [0.1, 0.15) is 24.4 Å². The van der Waals surface area contributed by atoms with Crippen molar-refractivity contribution in [1.82, 2.24) is 0 Å². The topological polar surface area (TPSA) is 89.3 Å². The highest BCUT2D eigenvalue weighted by Gasteiger charge is 2.60. The lowest BCUT2D eigenvalue weighted by Crippen LogP contribution is -2.54. The van der Waals surface area contributed by atoms with Crippen LogP contribution in [0.2, 0.25) is 0 Å². The van der Waals surface area contributed by atoms with Gasteiger partial charge in [-0.25, -0.2) is 0 Å². The second-order valence-corrected chi connectivity index (χ2v) is 6.26. The molecular weight excluding hydrogens is 282 g/mol. The van der Waals surface area contributed by atoms with E-state index in [2.05, 4.69) is 0 Å². The molecule has 8 nitrogen and oxygen atoms in total. The van der Waals surface area contributed by atoms with E-state index in [0.29, 0.717) is 0 Å². The first-order chi connectivity index (χ1) is 9.67. The Morgan fingerprint density at radius 1 is 0.952 bits per heavy atom. The molecule has 21 heavy (non-hydrogen) atoms. The van der Waals surface area contributed by atoms with Crippen LogP contribution < -0.4 is 0 Å². The fourth-order valence-electron chi connectivity index (χ4n) is 2.95. The molecule has 0 saturated carbocycles. The van der Waals surface area contributed by atoms with Crippen molar-refractivity contribution in [2.45, 2.75) is 70.0 Å². The van der Waals surface area contributed by atoms with E-state index < -0.39 is 47.2 Å². The summed E-state index contributed by atoms with van der Waals surface area (Å²) in [5.74, 6) is -1.60. The third kappa shape index (κ3) is 2.82. The van der Waals surface area contributed by atoms with Gasteiger partial charge in [-0.1, -0.05) is 0 Å². The summed E-state index contributed by atoms with van der Waals surface area (Å²) in [4.78, 5) is 9.99. The van der Waals surface area contributed by atoms with E-state index >= 15 is 0 Å². The van der Waals surface area contributed by atoms with E-state index in [-0.39, 0.29) is 0 Å². The van der Waals surface area contributed by atoms with E-state index in [9.17, 15) is 10.1 Å². The van der Waals surface area contributed by atoms with E-state index in [1.165, 1.54) is 6.08 Å². The minimum absolute atomic E-state index is 0.401. The summed E-state index contributed by atoms with van der Waals surface area (Å²) in [6.45, 7) is 7.14. The maximum atomic E-state index is 10.5. The first-order valence-corrected chi connectivity index (χ1v) is 6.85. The van der Waals surface area contributed by atoms with Crippen molar-refractivity contribution < 1.29 is 28.6 Å². The number of nitrogens with zero attached hydrogens (tertiary/aromatic N) is 1. The van der Waals surface area contributed by atoms with Crippen molar-refractivity contribution in [2.24, 2.45) is 0 Å². The minimum Gasteiger partial charge on any atom is -0.342 e. The monoisotopic (exact) mass is 301 g/mol. The zero-order valence-electron chi connectivity index (χ0n) is 12.3. The lowest BCUT2D eigenvalue weighted by Gasteiger charge is -2.35. The Balaban J connectivity index is 1.86. The van der Waals surface area contributed by atoms with Crippen molar-refractivity contribution in [3.8, 4) is 0 Å². The van der Waals surface area contributed by atoms with Crippen LogP contribution in [0.5, 0.6) is 0 Å². The van der Waals surface area contributed by atoms with E-state index in [1.54, 1.807) is 27.7 Å². The summed E-state index contributed by atoms with van der Waals surface area (Å²) < 4.78 is 29.0. The van der Waals surface area contributed by atoms with Crippen molar-refractivity contribution >= 4 is 0 Å². The first kappa shape index (κ1) is 14.9. The lowest BCUT2D eigenvalue weighted by molar-refractivity contribution is -0.403. The van der Waals surface area contributed by atoms with Gasteiger partial charge in [0.15, 0.2) is 17.9 Å². The molecule has 3 rings (SSSR count). The summed E-state index contributed by atoms with van der Waals surface area (Å²) in [6.07, 6.45) is -0.365. The highest BCUT2D eigenvalue weighted by atomic mass is 16.9. The van der Waals surface area contributed by atoms with Crippen molar-refractivity contribution in [1.29, 1.82) is 0 Å². The van der Waals surface area contributed by atoms with Crippen molar-refractivity contribution in [3.05, 3.63) is 22.4 Å². The number of ether oxygens (including phenoxy) is 5. The molecule has 118 valence electrons. The van der Waals surface area contributed by atoms with Gasteiger partial charge in [0, 0.05) is 6.08 Å². The zero-order chi connectivity index (χ0) is 15.4. The molecule has 0 aromatic rings. The van der Waals surface area contributed by atoms with Crippen LogP contribution in [0.4, 0.5) is 0 Å². The highest BCUT2D eigenvalue weighted by Crippen LogP contribution is 2.44. The summed E-state index contributed by atoms with van der Waals surface area (Å²) >= 11 is 0. The summed E-state index contributed by atoms with van der Waals surface area (Å²) in [5, 5.41) is 10.5. The van der Waals surface area contributed by atoms with Gasteiger partial charge in [-0.3, -0.25) is 10.1 Å². The SMILES string of the molecule is CC1(C)O[C@@H]2[C@@H](O1)[C@H](/C=C/[N+](=O)[O-])O[C@H]1OC(C)(C)O[C@@H]12. The van der Waals surface area contributed by atoms with E-state index in [4.69, 9.17) is 23.7 Å². The molecule has 0 radical (unpaired) electrons. The van der Waals surface area contributed by atoms with Gasteiger partial charge in [-0.2, -0.15) is 0 Å². The third-order valence-electron chi connectivity index (χ3n) is 3.59. The Bertz CT molecular complexity index is 475. The summed E-state index contributed by atoms with van der Waals surface area (Å²) in [5.41, 5.74) is 0. The fourth-order valence-corrected chi connectivity index (χ4v) is 2.95. The number of rotatable bonds is 2. The molecule has 0 aromatic heterocycles. The second kappa shape index (κ2) is 4.72. The van der Waals surface area contributed by atoms with Crippen LogP contribution in [-0.2, 0) is 23.7 Å². The molecule has 3 fully saturated rings. The van der Waals surface area contributed by atoms with Crippen molar-refractivity contribution in [2.75, 3.05) is 0 Å². The zero-order valence-corrected chi connectivity index (χ0v) is 12.3. The average Bonchev–Trinajstić information content (AvgIpc) is 2.80. The normalized spacial score (nSPS) is 43.7. The van der Waals surface area contributed by atoms with Gasteiger partial charge in [-0.15, -0.1) is 0 Å². The van der Waals surface area contributed by atoms with Crippen LogP contribution in [-0.4, -0.2) is 47.2 Å². The molecule has 8 heteroatoms. The van der Waals surface area contributed by atoms with Gasteiger partial charge in [0.2, 0.25) is 6.20 Å². The molecule has 3 heterocycles. The average molecular weight is 301 g/mol. The number of nitro groups is 1. The number of hydrogen-bond acceptors (Lipinski definition) is 7. The van der Waals surface area contributed by atoms with Crippen LogP contribution in [0.3, 0.4) is 0 Å². The van der Waals surface area contributed by atoms with Gasteiger partial charge < -0.3 is 23.7 Å². The Hall–Kier alpha value is -1.06. The molecule has 0 unspecified atom stereocenters. The second-order valence-electron chi connectivity index (χ2n) is 6.26. The quantitative estimate of drug-likeness (QED) is 0.558. The molecule has 3 saturated heterocycles. The van der Waals surface area contributed by atoms with Crippen LogP contribution in [0.25, 0.3) is 0 Å². The molecule has 0 bridgehead atoms. The van der Waals surface area contributed by atoms with E-state index in [1.807, 2.05) is 0 Å². The van der Waals surface area contributed by atoms with Gasteiger partial charge in [0.05, 0.1) is 4.92 Å². The van der Waals surface area contributed by atoms with E-state index in [0.717, 1.165) is 6.20 Å². The van der Waals surface area contributed by atoms with Crippen LogP contribution in [0.15, 0.2) is 12.3 Å². The Kier molecular flexibility index (Phi) is 3.34. The van der Waals surface area contributed by atoms with Gasteiger partial charge in [-0.05, 0) is 27.7 Å². The molecular formula is C13H19NO7. The molecule has 3 aliphatic rings. The van der Waals surface area contributed by atoms with Crippen LogP contribution in [0.1, 0.15) is 27.7 Å². The standard InChI is InChI=1S/C13H19NO7/c1-12(2)18-8-7(5-6-14(15)16)17-11-10(9(8)19-12)20-13(3,4)21-11/h5-11H,1-4H3/b6-5+/t7-,8-,9+,10+,11-/m0/s1. The lowest BCUT2D eigenvalue weighted by atomic mass is 9.99. The summed E-state index contributed by atoms with van der Waals surface area (Å²) in [7, 11) is 0. The summed E-state index contributed by atoms with van der Waals surface area (Å²) in [6, 6.07) is 0. The Morgan fingerprint density at radius 3 is 2.19 bits per heavy atom. The Labute approximate surface area is 122 Å². The van der Waals surface area contributed by atoms with Gasteiger partial charge >= 0.3 is 0 Å². The maximum absolute atomic E-state index is 10.5. The fraction of sp³-hybridized carbons (Fsp3) is 0.846. The number of hydrogen-bond donors (Lipinski definition) is 0. The number of fused-ring (bicyclic) bond motifs is 3. The predicted octanol–water partition coefficient (Wildman–Crippen LogP) is 1.17.